The summed E-state index contributed by atoms with van der Waals surface area (Å²) in [6.45, 7) is 3.37. The Hall–Kier alpha value is -3.48. The second-order valence-electron chi connectivity index (χ2n) is 11.4. The average Bonchev–Trinajstić information content (AvgIpc) is 3.65. The summed E-state index contributed by atoms with van der Waals surface area (Å²) < 4.78 is 106. The van der Waals surface area contributed by atoms with Crippen molar-refractivity contribution in [2.75, 3.05) is 13.7 Å². The summed E-state index contributed by atoms with van der Waals surface area (Å²) >= 11 is 2.09. The van der Waals surface area contributed by atoms with Crippen molar-refractivity contribution in [2.24, 2.45) is 0 Å². The number of benzene rings is 2. The molecule has 0 aliphatic heterocycles. The van der Waals surface area contributed by atoms with E-state index in [9.17, 15) is 31.1 Å². The Labute approximate surface area is 297 Å². The number of oxazole rings is 2. The first-order valence-electron chi connectivity index (χ1n) is 15.4. The third-order valence-corrected chi connectivity index (χ3v) is 8.64. The summed E-state index contributed by atoms with van der Waals surface area (Å²) in [7, 11) is 1.32. The van der Waals surface area contributed by atoms with Gasteiger partial charge in [-0.15, -0.1) is 0 Å². The highest BCUT2D eigenvalue weighted by Crippen LogP contribution is 2.38. The zero-order valence-electron chi connectivity index (χ0n) is 27.2. The molecule has 1 N–H and O–H groups in total. The van der Waals surface area contributed by atoms with Crippen LogP contribution in [-0.4, -0.2) is 53.1 Å². The van der Waals surface area contributed by atoms with Gasteiger partial charge in [-0.25, -0.2) is 14.8 Å². The molecule has 50 heavy (non-hydrogen) atoms. The van der Waals surface area contributed by atoms with E-state index in [4.69, 9.17) is 28.2 Å². The van der Waals surface area contributed by atoms with Crippen molar-refractivity contribution < 1.29 is 59.3 Å². The Balaban J connectivity index is 0.000000263. The van der Waals surface area contributed by atoms with E-state index in [0.717, 1.165) is 31.4 Å². The Morgan fingerprint density at radius 3 is 1.80 bits per heavy atom. The Morgan fingerprint density at radius 2 is 1.34 bits per heavy atom. The molecule has 0 amide bonds. The monoisotopic (exact) mass is 824 g/mol. The zero-order valence-corrected chi connectivity index (χ0v) is 29.4. The van der Waals surface area contributed by atoms with E-state index < -0.39 is 35.6 Å². The molecule has 16 heteroatoms. The van der Waals surface area contributed by atoms with Gasteiger partial charge in [0, 0.05) is 22.7 Å². The maximum atomic E-state index is 13.3. The standard InChI is InChI=1S/C22H26F3NO6.C12H9F3INO/c1-13-18(26-20(32-13)16-8-3-4-9-17(16)22(23,24)25)11-30-14-6-5-7-15(10-14)31-12-19(29-2)21(27)28;1-7-10(6-16)17-11(18-7)8-4-2-3-5-9(8)12(13,14)15/h3-4,8-9,14-15,19H,5-7,10-12H2,1-2H3,(H,27,28);2-5H,6H2,1H3/t14-,15+,19?;/m0./s1. The van der Waals surface area contributed by atoms with Crippen LogP contribution < -0.4 is 0 Å². The number of ether oxygens (including phenoxy) is 3. The predicted molar refractivity (Wildman–Crippen MR) is 176 cm³/mol. The van der Waals surface area contributed by atoms with Crippen molar-refractivity contribution in [1.29, 1.82) is 0 Å². The zero-order chi connectivity index (χ0) is 36.6. The van der Waals surface area contributed by atoms with E-state index in [2.05, 4.69) is 32.6 Å². The molecule has 1 saturated carbocycles. The topological polar surface area (TPSA) is 117 Å². The molecule has 5 rings (SSSR count). The van der Waals surface area contributed by atoms with Crippen molar-refractivity contribution in [3.05, 3.63) is 82.6 Å². The minimum atomic E-state index is -4.52. The lowest BCUT2D eigenvalue weighted by Crippen LogP contribution is -2.34. The number of carboxylic acids is 1. The smallest absolute Gasteiger partial charge is 0.417 e. The molecule has 2 aromatic heterocycles. The first-order valence-corrected chi connectivity index (χ1v) is 16.9. The quantitative estimate of drug-likeness (QED) is 0.0898. The number of carbonyl (C=O) groups is 1. The normalized spacial score (nSPS) is 17.2. The predicted octanol–water partition coefficient (Wildman–Crippen LogP) is 9.22. The molecule has 2 aromatic carbocycles. The lowest BCUT2D eigenvalue weighted by atomic mass is 9.95. The van der Waals surface area contributed by atoms with Gasteiger partial charge in [0.05, 0.1) is 42.2 Å². The van der Waals surface area contributed by atoms with Gasteiger partial charge in [0.15, 0.2) is 6.10 Å². The SMILES string of the molecule is COC(CO[C@@H]1CCC[C@H](OCc2nc(-c3ccccc3C(F)(F)F)oc2C)C1)C(=O)O.Cc1oc(-c2ccccc2C(F)(F)F)nc1CI. The molecular weight excluding hydrogens is 789 g/mol. The molecule has 0 bridgehead atoms. The summed E-state index contributed by atoms with van der Waals surface area (Å²) in [5, 5.41) is 9.03. The van der Waals surface area contributed by atoms with Gasteiger partial charge in [0.25, 0.3) is 0 Å². The lowest BCUT2D eigenvalue weighted by Gasteiger charge is -2.29. The highest BCUT2D eigenvalue weighted by Gasteiger charge is 2.36. The highest BCUT2D eigenvalue weighted by atomic mass is 127. The number of alkyl halides is 7. The molecular formula is C34H35F6IN2O7. The van der Waals surface area contributed by atoms with E-state index in [0.29, 0.717) is 33.8 Å². The van der Waals surface area contributed by atoms with E-state index in [-0.39, 0.29) is 48.3 Å². The number of nitrogens with zero attached hydrogens (tertiary/aromatic N) is 2. The van der Waals surface area contributed by atoms with Gasteiger partial charge in [-0.05, 0) is 63.8 Å². The van der Waals surface area contributed by atoms with Crippen LogP contribution in [0, 0.1) is 13.8 Å². The average molecular weight is 825 g/mol. The van der Waals surface area contributed by atoms with Gasteiger partial charge in [-0.1, -0.05) is 46.9 Å². The Morgan fingerprint density at radius 1 is 0.860 bits per heavy atom. The van der Waals surface area contributed by atoms with Crippen LogP contribution >= 0.6 is 22.6 Å². The molecule has 1 unspecified atom stereocenters. The molecule has 4 aromatic rings. The van der Waals surface area contributed by atoms with Crippen LogP contribution in [0.3, 0.4) is 0 Å². The molecule has 0 saturated heterocycles. The summed E-state index contributed by atoms with van der Waals surface area (Å²) in [6.07, 6.45) is -7.23. The van der Waals surface area contributed by atoms with Gasteiger partial charge < -0.3 is 28.2 Å². The van der Waals surface area contributed by atoms with Crippen LogP contribution in [0.2, 0.25) is 0 Å². The van der Waals surface area contributed by atoms with Crippen LogP contribution in [0.4, 0.5) is 26.3 Å². The van der Waals surface area contributed by atoms with Gasteiger partial charge in [-0.3, -0.25) is 0 Å². The fourth-order valence-electron chi connectivity index (χ4n) is 5.24. The Bertz CT molecular complexity index is 1720. The largest absolute Gasteiger partial charge is 0.479 e. The van der Waals surface area contributed by atoms with Crippen molar-refractivity contribution >= 4 is 28.6 Å². The molecule has 2 heterocycles. The van der Waals surface area contributed by atoms with Crippen LogP contribution in [0.25, 0.3) is 22.9 Å². The van der Waals surface area contributed by atoms with Gasteiger partial charge >= 0.3 is 18.3 Å². The first kappa shape index (κ1) is 39.3. The fourth-order valence-corrected chi connectivity index (χ4v) is 5.95. The number of aryl methyl sites for hydroxylation is 2. The van der Waals surface area contributed by atoms with Crippen LogP contribution in [0.15, 0.2) is 57.4 Å². The number of carboxylic acid groups (broad SMARTS) is 1. The highest BCUT2D eigenvalue weighted by molar-refractivity contribution is 14.1. The number of hydrogen-bond donors (Lipinski definition) is 1. The van der Waals surface area contributed by atoms with Crippen LogP contribution in [0.1, 0.15) is 59.7 Å². The number of hydrogen-bond acceptors (Lipinski definition) is 8. The second-order valence-corrected chi connectivity index (χ2v) is 12.1. The van der Waals surface area contributed by atoms with Gasteiger partial charge in [0.1, 0.15) is 17.2 Å². The van der Waals surface area contributed by atoms with Crippen LogP contribution in [-0.2, 0) is 42.4 Å². The molecule has 1 fully saturated rings. The number of rotatable bonds is 11. The molecule has 272 valence electrons. The van der Waals surface area contributed by atoms with E-state index in [1.807, 2.05) is 0 Å². The van der Waals surface area contributed by atoms with Crippen molar-refractivity contribution in [2.45, 2.75) is 81.2 Å². The second kappa shape index (κ2) is 17.2. The van der Waals surface area contributed by atoms with E-state index >= 15 is 0 Å². The number of halogens is 7. The third-order valence-electron chi connectivity index (χ3n) is 7.91. The first-order chi connectivity index (χ1) is 23.6. The number of aliphatic carboxylic acids is 1. The maximum Gasteiger partial charge on any atom is 0.417 e. The summed E-state index contributed by atoms with van der Waals surface area (Å²) in [5.41, 5.74) is -0.577. The van der Waals surface area contributed by atoms with Crippen molar-refractivity contribution in [3.8, 4) is 22.9 Å². The summed E-state index contributed by atoms with van der Waals surface area (Å²) in [6, 6.07) is 10.4. The fraction of sp³-hybridized carbons (Fsp3) is 0.441. The van der Waals surface area contributed by atoms with Crippen molar-refractivity contribution in [3.63, 3.8) is 0 Å². The summed E-state index contributed by atoms with van der Waals surface area (Å²) in [4.78, 5) is 19.4. The lowest BCUT2D eigenvalue weighted by molar-refractivity contribution is -0.155. The molecule has 3 atom stereocenters. The minimum absolute atomic E-state index is 0.0205. The Kier molecular flexibility index (Phi) is 13.5. The third kappa shape index (κ3) is 10.3. The maximum absolute atomic E-state index is 13.3. The molecule has 1 aliphatic rings. The van der Waals surface area contributed by atoms with Crippen LogP contribution in [0.5, 0.6) is 0 Å². The molecule has 0 radical (unpaired) electrons. The van der Waals surface area contributed by atoms with Gasteiger partial charge in [-0.2, -0.15) is 26.3 Å². The van der Waals surface area contributed by atoms with Gasteiger partial charge in [0.2, 0.25) is 11.8 Å². The van der Waals surface area contributed by atoms with E-state index in [1.54, 1.807) is 13.8 Å². The minimum Gasteiger partial charge on any atom is -0.479 e. The summed E-state index contributed by atoms with van der Waals surface area (Å²) in [5.74, 6) is -0.216. The molecule has 0 spiro atoms. The number of methoxy groups -OCH3 is 1. The van der Waals surface area contributed by atoms with E-state index in [1.165, 1.54) is 43.5 Å². The van der Waals surface area contributed by atoms with Crippen molar-refractivity contribution in [1.82, 2.24) is 9.97 Å². The number of aromatic nitrogens is 2. The molecule has 1 aliphatic carbocycles. The molecule has 9 nitrogen and oxygen atoms in total.